The Morgan fingerprint density at radius 1 is 1.21 bits per heavy atom. The number of amides is 2. The molecule has 1 atom stereocenters. The Morgan fingerprint density at radius 3 is 2.75 bits per heavy atom. The van der Waals surface area contributed by atoms with Gasteiger partial charge in [-0.2, -0.15) is 0 Å². The second kappa shape index (κ2) is 6.76. The zero-order valence-corrected chi connectivity index (χ0v) is 14.0. The van der Waals surface area contributed by atoms with Crippen LogP contribution in [0.2, 0.25) is 0 Å². The first kappa shape index (κ1) is 16.7. The lowest BCUT2D eigenvalue weighted by molar-refractivity contribution is -0.144. The van der Waals surface area contributed by atoms with Crippen molar-refractivity contribution in [2.45, 2.75) is 19.4 Å². The van der Waals surface area contributed by atoms with Gasteiger partial charge in [0.2, 0.25) is 5.91 Å². The molecule has 130 valence electrons. The van der Waals surface area contributed by atoms with E-state index in [4.69, 9.17) is 4.74 Å². The van der Waals surface area contributed by atoms with Crippen LogP contribution in [-0.2, 0) is 14.3 Å². The maximum absolute atomic E-state index is 13.6. The summed E-state index contributed by atoms with van der Waals surface area (Å²) in [5.74, 6) is -0.565. The fourth-order valence-electron chi connectivity index (χ4n) is 3.22. The van der Waals surface area contributed by atoms with Crippen molar-refractivity contribution in [2.75, 3.05) is 49.6 Å². The van der Waals surface area contributed by atoms with Crippen LogP contribution in [0.4, 0.5) is 15.8 Å². The van der Waals surface area contributed by atoms with Gasteiger partial charge in [-0.25, -0.2) is 4.39 Å². The average Bonchev–Trinajstić information content (AvgIpc) is 2.73. The summed E-state index contributed by atoms with van der Waals surface area (Å²) < 4.78 is 19.2. The summed E-state index contributed by atoms with van der Waals surface area (Å²) in [5, 5.41) is 0. The van der Waals surface area contributed by atoms with Crippen LogP contribution < -0.4 is 9.80 Å². The van der Waals surface area contributed by atoms with Gasteiger partial charge in [-0.3, -0.25) is 9.59 Å². The third kappa shape index (κ3) is 3.21. The van der Waals surface area contributed by atoms with Crippen LogP contribution in [0.3, 0.4) is 0 Å². The van der Waals surface area contributed by atoms with E-state index in [2.05, 4.69) is 0 Å². The molecule has 1 aromatic carbocycles. The number of anilines is 2. The van der Waals surface area contributed by atoms with Gasteiger partial charge in [0.05, 0.1) is 24.5 Å². The monoisotopic (exact) mass is 335 g/mol. The molecule has 1 aromatic rings. The van der Waals surface area contributed by atoms with Gasteiger partial charge >= 0.3 is 0 Å². The zero-order chi connectivity index (χ0) is 17.3. The lowest BCUT2D eigenvalue weighted by atomic mass is 10.2. The summed E-state index contributed by atoms with van der Waals surface area (Å²) in [6.45, 7) is 3.89. The first-order valence-corrected chi connectivity index (χ1v) is 8.16. The van der Waals surface area contributed by atoms with Crippen molar-refractivity contribution in [2.24, 2.45) is 0 Å². The molecule has 2 aliphatic rings. The Kier molecular flexibility index (Phi) is 4.71. The standard InChI is InChI=1S/C17H22FN3O3/c1-12(22)20-8-9-24-16(11-20)17(23)21-7-3-6-19(2)15-10-13(18)4-5-14(15)21/h4-5,10,16H,3,6-9,11H2,1-2H3. The Balaban J connectivity index is 1.87. The molecule has 3 rings (SSSR count). The summed E-state index contributed by atoms with van der Waals surface area (Å²) in [6.07, 6.45) is 0.103. The number of rotatable bonds is 1. The molecule has 0 saturated carbocycles. The lowest BCUT2D eigenvalue weighted by Gasteiger charge is -2.34. The molecule has 0 spiro atoms. The maximum atomic E-state index is 13.6. The van der Waals surface area contributed by atoms with E-state index in [1.54, 1.807) is 15.9 Å². The number of morpholine rings is 1. The highest BCUT2D eigenvalue weighted by atomic mass is 19.1. The number of nitrogens with zero attached hydrogens (tertiary/aromatic N) is 3. The molecular formula is C17H22FN3O3. The van der Waals surface area contributed by atoms with Crippen molar-refractivity contribution in [3.8, 4) is 0 Å². The summed E-state index contributed by atoms with van der Waals surface area (Å²) in [4.78, 5) is 29.8. The molecule has 1 unspecified atom stereocenters. The van der Waals surface area contributed by atoms with Crippen LogP contribution in [0, 0.1) is 5.82 Å². The molecule has 0 aromatic heterocycles. The molecule has 0 bridgehead atoms. The van der Waals surface area contributed by atoms with Crippen molar-refractivity contribution in [3.63, 3.8) is 0 Å². The SMILES string of the molecule is CC(=O)N1CCOC(C(=O)N2CCCN(C)c3cc(F)ccc32)C1. The maximum Gasteiger partial charge on any atom is 0.258 e. The summed E-state index contributed by atoms with van der Waals surface area (Å²) in [5.41, 5.74) is 1.38. The van der Waals surface area contributed by atoms with E-state index in [0.29, 0.717) is 31.1 Å². The average molecular weight is 335 g/mol. The summed E-state index contributed by atoms with van der Waals surface area (Å²) in [6, 6.07) is 4.45. The normalized spacial score (nSPS) is 21.3. The molecule has 0 radical (unpaired) electrons. The highest BCUT2D eigenvalue weighted by Gasteiger charge is 2.33. The number of carbonyl (C=O) groups is 2. The summed E-state index contributed by atoms with van der Waals surface area (Å²) in [7, 11) is 1.89. The molecule has 7 heteroatoms. The van der Waals surface area contributed by atoms with Crippen LogP contribution in [0.1, 0.15) is 13.3 Å². The van der Waals surface area contributed by atoms with Crippen LogP contribution >= 0.6 is 0 Å². The number of hydrogen-bond donors (Lipinski definition) is 0. The largest absolute Gasteiger partial charge is 0.373 e. The molecule has 6 nitrogen and oxygen atoms in total. The Morgan fingerprint density at radius 2 is 2.00 bits per heavy atom. The van der Waals surface area contributed by atoms with Crippen molar-refractivity contribution in [1.29, 1.82) is 0 Å². The van der Waals surface area contributed by atoms with E-state index in [0.717, 1.165) is 13.0 Å². The van der Waals surface area contributed by atoms with E-state index < -0.39 is 6.10 Å². The minimum Gasteiger partial charge on any atom is -0.373 e. The fraction of sp³-hybridized carbons (Fsp3) is 0.529. The van der Waals surface area contributed by atoms with Gasteiger partial charge in [-0.15, -0.1) is 0 Å². The van der Waals surface area contributed by atoms with Gasteiger partial charge in [-0.05, 0) is 24.6 Å². The number of carbonyl (C=O) groups excluding carboxylic acids is 2. The van der Waals surface area contributed by atoms with Crippen molar-refractivity contribution in [1.82, 2.24) is 4.90 Å². The number of ether oxygens (including phenoxy) is 1. The van der Waals surface area contributed by atoms with Gasteiger partial charge in [0.25, 0.3) is 5.91 Å². The number of hydrogen-bond acceptors (Lipinski definition) is 4. The van der Waals surface area contributed by atoms with Crippen LogP contribution in [0.5, 0.6) is 0 Å². The molecular weight excluding hydrogens is 313 g/mol. The van der Waals surface area contributed by atoms with Crippen LogP contribution in [0.15, 0.2) is 18.2 Å². The van der Waals surface area contributed by atoms with Gasteiger partial charge in [0, 0.05) is 33.6 Å². The van der Waals surface area contributed by atoms with Crippen molar-refractivity contribution in [3.05, 3.63) is 24.0 Å². The molecule has 2 amide bonds. The van der Waals surface area contributed by atoms with Crippen molar-refractivity contribution >= 4 is 23.2 Å². The summed E-state index contributed by atoms with van der Waals surface area (Å²) >= 11 is 0. The van der Waals surface area contributed by atoms with E-state index in [1.165, 1.54) is 19.1 Å². The first-order valence-electron chi connectivity index (χ1n) is 8.16. The molecule has 24 heavy (non-hydrogen) atoms. The van der Waals surface area contributed by atoms with Gasteiger partial charge < -0.3 is 19.4 Å². The third-order valence-electron chi connectivity index (χ3n) is 4.57. The van der Waals surface area contributed by atoms with Gasteiger partial charge in [0.15, 0.2) is 6.10 Å². The van der Waals surface area contributed by atoms with Gasteiger partial charge in [-0.1, -0.05) is 0 Å². The van der Waals surface area contributed by atoms with E-state index in [-0.39, 0.29) is 24.2 Å². The highest BCUT2D eigenvalue weighted by Crippen LogP contribution is 2.33. The van der Waals surface area contributed by atoms with Crippen LogP contribution in [0.25, 0.3) is 0 Å². The van der Waals surface area contributed by atoms with E-state index in [9.17, 15) is 14.0 Å². The second-order valence-electron chi connectivity index (χ2n) is 6.22. The van der Waals surface area contributed by atoms with Crippen LogP contribution in [-0.4, -0.2) is 62.7 Å². The molecule has 1 saturated heterocycles. The zero-order valence-electron chi connectivity index (χ0n) is 14.0. The second-order valence-corrected chi connectivity index (χ2v) is 6.22. The predicted octanol–water partition coefficient (Wildman–Crippen LogP) is 1.25. The quantitative estimate of drug-likeness (QED) is 0.775. The van der Waals surface area contributed by atoms with Crippen molar-refractivity contribution < 1.29 is 18.7 Å². The Hall–Kier alpha value is -2.15. The topological polar surface area (TPSA) is 53.1 Å². The highest BCUT2D eigenvalue weighted by molar-refractivity contribution is 6.00. The number of benzene rings is 1. The number of fused-ring (bicyclic) bond motifs is 1. The van der Waals surface area contributed by atoms with E-state index >= 15 is 0 Å². The molecule has 0 aliphatic carbocycles. The molecule has 0 N–H and O–H groups in total. The molecule has 2 heterocycles. The third-order valence-corrected chi connectivity index (χ3v) is 4.57. The first-order chi connectivity index (χ1) is 11.5. The Bertz CT molecular complexity index is 652. The smallest absolute Gasteiger partial charge is 0.258 e. The van der Waals surface area contributed by atoms with Gasteiger partial charge in [0.1, 0.15) is 5.82 Å². The Labute approximate surface area is 140 Å². The lowest BCUT2D eigenvalue weighted by Crippen LogP contribution is -2.52. The minimum atomic E-state index is -0.677. The predicted molar refractivity (Wildman–Crippen MR) is 88.6 cm³/mol. The van der Waals surface area contributed by atoms with E-state index in [1.807, 2.05) is 11.9 Å². The molecule has 1 fully saturated rings. The minimum absolute atomic E-state index is 0.0610. The number of halogens is 1. The molecule has 2 aliphatic heterocycles. The fourth-order valence-corrected chi connectivity index (χ4v) is 3.22.